The molecule has 0 aromatic heterocycles. The molecule has 0 saturated heterocycles. The van der Waals surface area contributed by atoms with Crippen molar-refractivity contribution in [2.45, 2.75) is 12.5 Å². The molecule has 0 fully saturated rings. The summed E-state index contributed by atoms with van der Waals surface area (Å²) in [6, 6.07) is 13.3. The number of anilines is 1. The van der Waals surface area contributed by atoms with Crippen molar-refractivity contribution < 1.29 is 9.18 Å². The van der Waals surface area contributed by atoms with Crippen molar-refractivity contribution in [3.05, 3.63) is 64.4 Å². The van der Waals surface area contributed by atoms with Crippen LogP contribution in [0.4, 0.5) is 10.1 Å². The zero-order chi connectivity index (χ0) is 14.8. The van der Waals surface area contributed by atoms with Crippen LogP contribution in [0.5, 0.6) is 0 Å². The Kier molecular flexibility index (Phi) is 4.09. The number of hydrogen-bond acceptors (Lipinski definition) is 2. The highest BCUT2D eigenvalue weighted by Gasteiger charge is 2.33. The van der Waals surface area contributed by atoms with Gasteiger partial charge in [0.05, 0.1) is 5.69 Å². The van der Waals surface area contributed by atoms with Gasteiger partial charge in [-0.3, -0.25) is 4.79 Å². The van der Waals surface area contributed by atoms with Gasteiger partial charge in [0.2, 0.25) is 5.91 Å². The second-order valence-corrected chi connectivity index (χ2v) is 5.52. The molecule has 1 unspecified atom stereocenters. The summed E-state index contributed by atoms with van der Waals surface area (Å²) in [5.74, 6) is -1.01. The third-order valence-corrected chi connectivity index (χ3v) is 3.70. The number of benzene rings is 2. The first-order valence-corrected chi connectivity index (χ1v) is 6.81. The Morgan fingerprint density at radius 1 is 1.20 bits per heavy atom. The van der Waals surface area contributed by atoms with E-state index in [1.807, 2.05) is 0 Å². The van der Waals surface area contributed by atoms with Gasteiger partial charge in [0.1, 0.15) is 11.4 Å². The summed E-state index contributed by atoms with van der Waals surface area (Å²) in [4.78, 5) is 11.8. The molecule has 2 rings (SSSR count). The van der Waals surface area contributed by atoms with E-state index in [4.69, 9.17) is 5.73 Å². The van der Waals surface area contributed by atoms with E-state index < -0.39 is 17.3 Å². The van der Waals surface area contributed by atoms with E-state index in [1.54, 1.807) is 49.4 Å². The molecule has 0 heterocycles. The van der Waals surface area contributed by atoms with Crippen LogP contribution in [0.2, 0.25) is 0 Å². The van der Waals surface area contributed by atoms with Crippen molar-refractivity contribution >= 4 is 27.5 Å². The molecule has 0 aliphatic heterocycles. The molecule has 0 spiro atoms. The summed E-state index contributed by atoms with van der Waals surface area (Å²) in [5, 5.41) is 2.89. The summed E-state index contributed by atoms with van der Waals surface area (Å²) in [6.07, 6.45) is 0. The lowest BCUT2D eigenvalue weighted by Gasteiger charge is -2.29. The molecular weight excluding hydrogens is 323 g/mol. The van der Waals surface area contributed by atoms with Gasteiger partial charge in [-0.2, -0.15) is 0 Å². The first kappa shape index (κ1) is 14.5. The standard InChI is InChI=1S/C15H14BrFN2O/c1-15(14(18)20,10-6-8-11(16)9-7-10)19-13-5-3-2-4-12(13)17/h2-9,19H,1H3,(H2,18,20). The van der Waals surface area contributed by atoms with E-state index in [2.05, 4.69) is 21.2 Å². The molecular formula is C15H14BrFN2O. The van der Waals surface area contributed by atoms with Gasteiger partial charge < -0.3 is 11.1 Å². The van der Waals surface area contributed by atoms with E-state index in [9.17, 15) is 9.18 Å². The molecule has 3 nitrogen and oxygen atoms in total. The number of rotatable bonds is 4. The van der Waals surface area contributed by atoms with Gasteiger partial charge in [0.25, 0.3) is 0 Å². The number of amides is 1. The van der Waals surface area contributed by atoms with Crippen LogP contribution in [0.3, 0.4) is 0 Å². The molecule has 2 aromatic rings. The number of primary amides is 1. The van der Waals surface area contributed by atoms with Gasteiger partial charge in [-0.15, -0.1) is 0 Å². The lowest BCUT2D eigenvalue weighted by atomic mass is 9.91. The van der Waals surface area contributed by atoms with Crippen molar-refractivity contribution in [2.75, 3.05) is 5.32 Å². The van der Waals surface area contributed by atoms with Crippen LogP contribution in [-0.2, 0) is 10.3 Å². The molecule has 0 aliphatic carbocycles. The maximum atomic E-state index is 13.7. The summed E-state index contributed by atoms with van der Waals surface area (Å²) in [6.45, 7) is 1.63. The maximum Gasteiger partial charge on any atom is 0.247 e. The molecule has 1 amide bonds. The quantitative estimate of drug-likeness (QED) is 0.898. The second-order valence-electron chi connectivity index (χ2n) is 4.60. The molecule has 20 heavy (non-hydrogen) atoms. The van der Waals surface area contributed by atoms with Crippen LogP contribution < -0.4 is 11.1 Å². The van der Waals surface area contributed by atoms with E-state index in [1.165, 1.54) is 6.07 Å². The van der Waals surface area contributed by atoms with Gasteiger partial charge >= 0.3 is 0 Å². The van der Waals surface area contributed by atoms with Gasteiger partial charge in [0, 0.05) is 4.47 Å². The normalized spacial score (nSPS) is 13.6. The SMILES string of the molecule is CC(Nc1ccccc1F)(C(N)=O)c1ccc(Br)cc1. The Bertz CT molecular complexity index is 630. The largest absolute Gasteiger partial charge is 0.367 e. The summed E-state index contributed by atoms with van der Waals surface area (Å²) in [7, 11) is 0. The Morgan fingerprint density at radius 3 is 2.35 bits per heavy atom. The predicted octanol–water partition coefficient (Wildman–Crippen LogP) is 3.40. The first-order valence-electron chi connectivity index (χ1n) is 6.02. The lowest BCUT2D eigenvalue weighted by molar-refractivity contribution is -0.122. The topological polar surface area (TPSA) is 55.1 Å². The van der Waals surface area contributed by atoms with Gasteiger partial charge in [-0.25, -0.2) is 4.39 Å². The van der Waals surface area contributed by atoms with Crippen molar-refractivity contribution in [2.24, 2.45) is 5.73 Å². The van der Waals surface area contributed by atoms with Crippen molar-refractivity contribution in [1.29, 1.82) is 0 Å². The molecule has 2 aromatic carbocycles. The Labute approximate surface area is 125 Å². The van der Waals surface area contributed by atoms with Crippen LogP contribution in [0, 0.1) is 5.82 Å². The minimum atomic E-state index is -1.19. The van der Waals surface area contributed by atoms with Gasteiger partial charge in [0.15, 0.2) is 0 Å². The second kappa shape index (κ2) is 5.63. The Balaban J connectivity index is 2.43. The van der Waals surface area contributed by atoms with Gasteiger partial charge in [-0.1, -0.05) is 40.2 Å². The summed E-state index contributed by atoms with van der Waals surface area (Å²) < 4.78 is 14.6. The third kappa shape index (κ3) is 2.82. The third-order valence-electron chi connectivity index (χ3n) is 3.17. The zero-order valence-electron chi connectivity index (χ0n) is 10.9. The highest BCUT2D eigenvalue weighted by atomic mass is 79.9. The Hall–Kier alpha value is -1.88. The smallest absolute Gasteiger partial charge is 0.247 e. The van der Waals surface area contributed by atoms with Crippen LogP contribution in [0.25, 0.3) is 0 Å². The average Bonchev–Trinajstić information content (AvgIpc) is 2.42. The molecule has 104 valence electrons. The summed E-state index contributed by atoms with van der Waals surface area (Å²) in [5.41, 5.74) is 5.21. The first-order chi connectivity index (χ1) is 9.43. The number of hydrogen-bond donors (Lipinski definition) is 2. The summed E-state index contributed by atoms with van der Waals surface area (Å²) >= 11 is 3.33. The maximum absolute atomic E-state index is 13.7. The molecule has 5 heteroatoms. The molecule has 3 N–H and O–H groups in total. The highest BCUT2D eigenvalue weighted by Crippen LogP contribution is 2.28. The van der Waals surface area contributed by atoms with Crippen molar-refractivity contribution in [3.8, 4) is 0 Å². The van der Waals surface area contributed by atoms with E-state index >= 15 is 0 Å². The molecule has 0 radical (unpaired) electrons. The number of para-hydroxylation sites is 1. The number of carbonyl (C=O) groups excluding carboxylic acids is 1. The van der Waals surface area contributed by atoms with Crippen LogP contribution in [-0.4, -0.2) is 5.91 Å². The minimum absolute atomic E-state index is 0.233. The fourth-order valence-corrected chi connectivity index (χ4v) is 2.16. The van der Waals surface area contributed by atoms with Crippen LogP contribution >= 0.6 is 15.9 Å². The monoisotopic (exact) mass is 336 g/mol. The number of nitrogens with one attached hydrogen (secondary N) is 1. The van der Waals surface area contributed by atoms with Crippen LogP contribution in [0.15, 0.2) is 53.0 Å². The molecule has 1 atom stereocenters. The predicted molar refractivity (Wildman–Crippen MR) is 80.7 cm³/mol. The van der Waals surface area contributed by atoms with Crippen molar-refractivity contribution in [3.63, 3.8) is 0 Å². The van der Waals surface area contributed by atoms with E-state index in [-0.39, 0.29) is 5.69 Å². The van der Waals surface area contributed by atoms with Crippen LogP contribution in [0.1, 0.15) is 12.5 Å². The fraction of sp³-hybridized carbons (Fsp3) is 0.133. The number of halogens is 2. The average molecular weight is 337 g/mol. The molecule has 0 bridgehead atoms. The van der Waals surface area contributed by atoms with Crippen molar-refractivity contribution in [1.82, 2.24) is 0 Å². The molecule has 0 aliphatic rings. The Morgan fingerprint density at radius 2 is 1.80 bits per heavy atom. The van der Waals surface area contributed by atoms with E-state index in [0.29, 0.717) is 5.56 Å². The van der Waals surface area contributed by atoms with E-state index in [0.717, 1.165) is 4.47 Å². The minimum Gasteiger partial charge on any atom is -0.367 e. The zero-order valence-corrected chi connectivity index (χ0v) is 12.4. The fourth-order valence-electron chi connectivity index (χ4n) is 1.89. The lowest BCUT2D eigenvalue weighted by Crippen LogP contribution is -2.45. The number of carbonyl (C=O) groups is 1. The number of nitrogens with two attached hydrogens (primary N) is 1. The highest BCUT2D eigenvalue weighted by molar-refractivity contribution is 9.10. The molecule has 0 saturated carbocycles. The van der Waals surface area contributed by atoms with Gasteiger partial charge in [-0.05, 0) is 36.8 Å².